The summed E-state index contributed by atoms with van der Waals surface area (Å²) in [6, 6.07) is 9.32. The number of ether oxygens (including phenoxy) is 2. The molecule has 8 nitrogen and oxygen atoms in total. The molecule has 0 radical (unpaired) electrons. The van der Waals surface area contributed by atoms with Gasteiger partial charge in [0.25, 0.3) is 5.91 Å². The van der Waals surface area contributed by atoms with Crippen molar-refractivity contribution in [3.63, 3.8) is 0 Å². The summed E-state index contributed by atoms with van der Waals surface area (Å²) in [6.07, 6.45) is 6.27. The van der Waals surface area contributed by atoms with Crippen LogP contribution in [0.15, 0.2) is 36.7 Å². The van der Waals surface area contributed by atoms with Crippen LogP contribution in [0.5, 0.6) is 11.6 Å². The quantitative estimate of drug-likeness (QED) is 0.720. The van der Waals surface area contributed by atoms with E-state index in [2.05, 4.69) is 16.4 Å². The highest BCUT2D eigenvalue weighted by Gasteiger charge is 2.70. The number of rotatable bonds is 5. The summed E-state index contributed by atoms with van der Waals surface area (Å²) >= 11 is 0. The standard InChI is InChI=1S/C21H19N5O3/c1-28-14-6-17-23-15(21-9-20(10-21,11-21)12-22)8-26(17)7-13(14)19(27)25-16-4-3-5-18(24-16)29-2/h3-8H,9-11H2,1-2H3,(H,24,25,27). The number of anilines is 1. The van der Waals surface area contributed by atoms with E-state index in [0.29, 0.717) is 28.7 Å². The van der Waals surface area contributed by atoms with Crippen molar-refractivity contribution >= 4 is 17.4 Å². The predicted molar refractivity (Wildman–Crippen MR) is 104 cm³/mol. The lowest BCUT2D eigenvalue weighted by molar-refractivity contribution is -0.0953. The van der Waals surface area contributed by atoms with Gasteiger partial charge in [-0.2, -0.15) is 10.2 Å². The van der Waals surface area contributed by atoms with Gasteiger partial charge in [0.2, 0.25) is 5.88 Å². The van der Waals surface area contributed by atoms with E-state index in [9.17, 15) is 10.1 Å². The molecular formula is C21H19N5O3. The summed E-state index contributed by atoms with van der Waals surface area (Å²) in [6.45, 7) is 0. The Morgan fingerprint density at radius 3 is 2.69 bits per heavy atom. The number of nitriles is 1. The molecule has 3 saturated carbocycles. The Morgan fingerprint density at radius 1 is 1.21 bits per heavy atom. The first-order valence-corrected chi connectivity index (χ1v) is 9.31. The zero-order valence-corrected chi connectivity index (χ0v) is 16.1. The first-order valence-electron chi connectivity index (χ1n) is 9.31. The first-order chi connectivity index (χ1) is 14.0. The van der Waals surface area contributed by atoms with Crippen molar-refractivity contribution in [3.8, 4) is 17.7 Å². The number of pyridine rings is 2. The Hall–Kier alpha value is -3.60. The first kappa shape index (κ1) is 17.5. The monoisotopic (exact) mass is 389 g/mol. The molecular weight excluding hydrogens is 370 g/mol. The van der Waals surface area contributed by atoms with Crippen molar-refractivity contribution in [1.29, 1.82) is 5.26 Å². The number of aromatic nitrogens is 3. The van der Waals surface area contributed by atoms with Crippen LogP contribution in [0.3, 0.4) is 0 Å². The van der Waals surface area contributed by atoms with Crippen molar-refractivity contribution in [2.45, 2.75) is 24.7 Å². The molecule has 0 spiro atoms. The number of carbonyl (C=O) groups excluding carboxylic acids is 1. The van der Waals surface area contributed by atoms with E-state index in [1.165, 1.54) is 14.2 Å². The van der Waals surface area contributed by atoms with Gasteiger partial charge in [0.1, 0.15) is 17.2 Å². The summed E-state index contributed by atoms with van der Waals surface area (Å²) in [4.78, 5) is 21.8. The lowest BCUT2D eigenvalue weighted by Gasteiger charge is -2.66. The number of amides is 1. The van der Waals surface area contributed by atoms with Crippen LogP contribution < -0.4 is 14.8 Å². The summed E-state index contributed by atoms with van der Waals surface area (Å²) in [7, 11) is 3.04. The maximum Gasteiger partial charge on any atom is 0.262 e. The second kappa shape index (κ2) is 5.95. The molecule has 0 atom stereocenters. The largest absolute Gasteiger partial charge is 0.496 e. The third-order valence-electron chi connectivity index (χ3n) is 6.00. The summed E-state index contributed by atoms with van der Waals surface area (Å²) in [5, 5.41) is 12.0. The minimum absolute atomic E-state index is 0.0158. The fraction of sp³-hybridized carbons (Fsp3) is 0.333. The highest BCUT2D eigenvalue weighted by molar-refractivity contribution is 6.05. The Morgan fingerprint density at radius 2 is 2.00 bits per heavy atom. The Labute approximate surface area is 167 Å². The normalized spacial score (nSPS) is 24.2. The zero-order valence-electron chi connectivity index (χ0n) is 16.1. The van der Waals surface area contributed by atoms with Crippen LogP contribution in [0.2, 0.25) is 0 Å². The molecule has 0 aliphatic heterocycles. The van der Waals surface area contributed by atoms with E-state index in [1.807, 2.05) is 10.6 Å². The Balaban J connectivity index is 1.46. The molecule has 29 heavy (non-hydrogen) atoms. The second-order valence-corrected chi connectivity index (χ2v) is 7.87. The van der Waals surface area contributed by atoms with E-state index in [4.69, 9.17) is 14.5 Å². The molecule has 1 N–H and O–H groups in total. The third kappa shape index (κ3) is 2.54. The molecule has 2 bridgehead atoms. The van der Waals surface area contributed by atoms with E-state index < -0.39 is 0 Å². The fourth-order valence-corrected chi connectivity index (χ4v) is 4.57. The van der Waals surface area contributed by atoms with Gasteiger partial charge in [-0.1, -0.05) is 6.07 Å². The Kier molecular flexibility index (Phi) is 3.59. The van der Waals surface area contributed by atoms with Crippen LogP contribution in [0.1, 0.15) is 35.3 Å². The molecule has 0 unspecified atom stereocenters. The molecule has 3 aromatic rings. The highest BCUT2D eigenvalue weighted by Crippen LogP contribution is 2.73. The molecule has 3 aromatic heterocycles. The van der Waals surface area contributed by atoms with Crippen molar-refractivity contribution in [2.24, 2.45) is 5.41 Å². The van der Waals surface area contributed by atoms with Crippen LogP contribution in [0, 0.1) is 16.7 Å². The average Bonchev–Trinajstić information content (AvgIpc) is 3.08. The van der Waals surface area contributed by atoms with E-state index in [1.54, 1.807) is 30.5 Å². The van der Waals surface area contributed by atoms with E-state index in [-0.39, 0.29) is 16.7 Å². The predicted octanol–water partition coefficient (Wildman–Crippen LogP) is 2.94. The Bertz CT molecular complexity index is 1170. The molecule has 146 valence electrons. The minimum atomic E-state index is -0.339. The smallest absolute Gasteiger partial charge is 0.262 e. The van der Waals surface area contributed by atoms with Gasteiger partial charge in [0.15, 0.2) is 0 Å². The van der Waals surface area contributed by atoms with Crippen LogP contribution in [-0.4, -0.2) is 34.5 Å². The molecule has 3 aliphatic carbocycles. The van der Waals surface area contributed by atoms with E-state index >= 15 is 0 Å². The van der Waals surface area contributed by atoms with Gasteiger partial charge in [-0.3, -0.25) is 4.79 Å². The number of hydrogen-bond donors (Lipinski definition) is 1. The van der Waals surface area contributed by atoms with Crippen LogP contribution in [0.4, 0.5) is 5.82 Å². The lowest BCUT2D eigenvalue weighted by Crippen LogP contribution is -2.63. The molecule has 0 aromatic carbocycles. The number of nitrogens with zero attached hydrogens (tertiary/aromatic N) is 4. The average molecular weight is 389 g/mol. The highest BCUT2D eigenvalue weighted by atomic mass is 16.5. The number of fused-ring (bicyclic) bond motifs is 1. The van der Waals surface area contributed by atoms with Crippen molar-refractivity contribution in [3.05, 3.63) is 47.9 Å². The molecule has 0 saturated heterocycles. The van der Waals surface area contributed by atoms with Gasteiger partial charge >= 0.3 is 0 Å². The summed E-state index contributed by atoms with van der Waals surface area (Å²) in [5.74, 6) is 0.895. The summed E-state index contributed by atoms with van der Waals surface area (Å²) in [5.41, 5.74) is 1.94. The van der Waals surface area contributed by atoms with Gasteiger partial charge in [0, 0.05) is 29.9 Å². The van der Waals surface area contributed by atoms with Crippen LogP contribution in [-0.2, 0) is 5.41 Å². The van der Waals surface area contributed by atoms with Crippen molar-refractivity contribution in [2.75, 3.05) is 19.5 Å². The molecule has 8 heteroatoms. The third-order valence-corrected chi connectivity index (χ3v) is 6.00. The second-order valence-electron chi connectivity index (χ2n) is 7.87. The number of carbonyl (C=O) groups is 1. The number of imidazole rings is 1. The van der Waals surface area contributed by atoms with E-state index in [0.717, 1.165) is 25.0 Å². The van der Waals surface area contributed by atoms with Gasteiger partial charge in [-0.15, -0.1) is 0 Å². The topological polar surface area (TPSA) is 102 Å². The number of nitrogens with one attached hydrogen (secondary N) is 1. The molecule has 1 amide bonds. The van der Waals surface area contributed by atoms with Gasteiger partial charge in [0.05, 0.1) is 37.0 Å². The molecule has 3 heterocycles. The van der Waals surface area contributed by atoms with Gasteiger partial charge in [-0.25, -0.2) is 4.98 Å². The fourth-order valence-electron chi connectivity index (χ4n) is 4.57. The van der Waals surface area contributed by atoms with Gasteiger partial charge < -0.3 is 19.2 Å². The maximum atomic E-state index is 12.9. The molecule has 3 fully saturated rings. The van der Waals surface area contributed by atoms with Crippen LogP contribution in [0.25, 0.3) is 5.65 Å². The minimum Gasteiger partial charge on any atom is -0.496 e. The molecule has 6 rings (SSSR count). The maximum absolute atomic E-state index is 12.9. The SMILES string of the molecule is COc1cccc(NC(=O)c2cn3cc(C45CC(C#N)(C4)C5)nc3cc2OC)n1. The van der Waals surface area contributed by atoms with Crippen molar-refractivity contribution in [1.82, 2.24) is 14.4 Å². The van der Waals surface area contributed by atoms with Gasteiger partial charge in [-0.05, 0) is 25.3 Å². The van der Waals surface area contributed by atoms with Crippen molar-refractivity contribution < 1.29 is 14.3 Å². The summed E-state index contributed by atoms with van der Waals surface area (Å²) < 4.78 is 12.4. The lowest BCUT2D eigenvalue weighted by atomic mass is 9.35. The number of methoxy groups -OCH3 is 2. The molecule has 3 aliphatic rings. The van der Waals surface area contributed by atoms with Crippen LogP contribution >= 0.6 is 0 Å². The zero-order chi connectivity index (χ0) is 20.2. The number of hydrogen-bond acceptors (Lipinski definition) is 6.